The van der Waals surface area contributed by atoms with Crippen molar-refractivity contribution in [3.05, 3.63) is 23.9 Å². The van der Waals surface area contributed by atoms with Crippen LogP contribution in [0.25, 0.3) is 0 Å². The van der Waals surface area contributed by atoms with E-state index in [0.29, 0.717) is 50.9 Å². The highest BCUT2D eigenvalue weighted by atomic mass is 16.5. The molecule has 0 aromatic carbocycles. The first-order valence-corrected chi connectivity index (χ1v) is 8.94. The molecule has 0 radical (unpaired) electrons. The van der Waals surface area contributed by atoms with E-state index in [-0.39, 0.29) is 23.7 Å². The number of carbonyl (C=O) groups is 2. The second-order valence-electron chi connectivity index (χ2n) is 6.95. The van der Waals surface area contributed by atoms with Gasteiger partial charge in [-0.15, -0.1) is 0 Å². The Kier molecular flexibility index (Phi) is 5.53. The number of anilines is 1. The molecule has 2 aliphatic rings. The minimum absolute atomic E-state index is 0.0534. The molecular formula is C18H26N4O3. The summed E-state index contributed by atoms with van der Waals surface area (Å²) in [6, 6.07) is 1.85. The molecule has 7 nitrogen and oxygen atoms in total. The fourth-order valence-electron chi connectivity index (χ4n) is 3.31. The van der Waals surface area contributed by atoms with Crippen molar-refractivity contribution in [3.8, 4) is 0 Å². The average molecular weight is 346 g/mol. The zero-order valence-electron chi connectivity index (χ0n) is 14.8. The number of hydrogen-bond donors (Lipinski definition) is 2. The number of morpholine rings is 1. The first-order chi connectivity index (χ1) is 12.1. The Labute approximate surface area is 147 Å². The molecule has 2 heterocycles. The molecule has 3 rings (SSSR count). The largest absolute Gasteiger partial charge is 0.378 e. The second-order valence-corrected chi connectivity index (χ2v) is 6.95. The SMILES string of the molecule is CC(C)c1cc(NC(=O)[C@@H]2CC=CC[C@@H]2C(=O)N2CCOCC2)n[nH]1. The van der Waals surface area contributed by atoms with E-state index in [1.807, 2.05) is 23.1 Å². The molecule has 1 aliphatic carbocycles. The van der Waals surface area contributed by atoms with Gasteiger partial charge in [-0.1, -0.05) is 26.0 Å². The van der Waals surface area contributed by atoms with E-state index < -0.39 is 0 Å². The number of amides is 2. The van der Waals surface area contributed by atoms with Crippen LogP contribution in [0, 0.1) is 11.8 Å². The van der Waals surface area contributed by atoms with Crippen molar-refractivity contribution in [2.24, 2.45) is 11.8 Å². The molecule has 2 N–H and O–H groups in total. The quantitative estimate of drug-likeness (QED) is 0.815. The Balaban J connectivity index is 1.68. The normalized spacial score (nSPS) is 23.7. The smallest absolute Gasteiger partial charge is 0.229 e. The van der Waals surface area contributed by atoms with Crippen molar-refractivity contribution in [1.82, 2.24) is 15.1 Å². The minimum atomic E-state index is -0.362. The van der Waals surface area contributed by atoms with Gasteiger partial charge in [-0.2, -0.15) is 5.10 Å². The first-order valence-electron chi connectivity index (χ1n) is 8.94. The minimum Gasteiger partial charge on any atom is -0.378 e. The van der Waals surface area contributed by atoms with E-state index in [1.165, 1.54) is 0 Å². The Morgan fingerprint density at radius 2 is 1.92 bits per heavy atom. The average Bonchev–Trinajstić information content (AvgIpc) is 3.10. The maximum Gasteiger partial charge on any atom is 0.229 e. The number of hydrogen-bond acceptors (Lipinski definition) is 4. The molecule has 0 spiro atoms. The van der Waals surface area contributed by atoms with Crippen LogP contribution in [-0.4, -0.2) is 53.2 Å². The molecule has 0 bridgehead atoms. The van der Waals surface area contributed by atoms with Crippen LogP contribution in [0.1, 0.15) is 38.3 Å². The summed E-state index contributed by atoms with van der Waals surface area (Å²) in [5, 5.41) is 9.94. The molecule has 1 aliphatic heterocycles. The molecule has 1 aromatic heterocycles. The van der Waals surface area contributed by atoms with Crippen LogP contribution in [0.3, 0.4) is 0 Å². The molecule has 7 heteroatoms. The van der Waals surface area contributed by atoms with Crippen LogP contribution in [0.15, 0.2) is 18.2 Å². The Morgan fingerprint density at radius 1 is 1.24 bits per heavy atom. The number of nitrogens with one attached hydrogen (secondary N) is 2. The first kappa shape index (κ1) is 17.7. The number of H-pyrrole nitrogens is 1. The molecule has 1 fully saturated rings. The lowest BCUT2D eigenvalue weighted by Crippen LogP contribution is -2.47. The summed E-state index contributed by atoms with van der Waals surface area (Å²) in [7, 11) is 0. The van der Waals surface area contributed by atoms with Gasteiger partial charge in [-0.3, -0.25) is 14.7 Å². The Morgan fingerprint density at radius 3 is 2.56 bits per heavy atom. The maximum absolute atomic E-state index is 12.8. The Hall–Kier alpha value is -2.15. The highest BCUT2D eigenvalue weighted by Gasteiger charge is 2.37. The predicted octanol–water partition coefficient (Wildman–Crippen LogP) is 1.91. The summed E-state index contributed by atoms with van der Waals surface area (Å²) in [6.45, 7) is 6.45. The summed E-state index contributed by atoms with van der Waals surface area (Å²) in [4.78, 5) is 27.4. The van der Waals surface area contributed by atoms with Gasteiger partial charge in [0.2, 0.25) is 11.8 Å². The molecule has 136 valence electrons. The van der Waals surface area contributed by atoms with Crippen LogP contribution in [0.5, 0.6) is 0 Å². The number of aromatic nitrogens is 2. The molecule has 2 atom stereocenters. The maximum atomic E-state index is 12.8. The summed E-state index contributed by atoms with van der Waals surface area (Å²) in [5.41, 5.74) is 0.972. The van der Waals surface area contributed by atoms with Crippen molar-refractivity contribution >= 4 is 17.6 Å². The van der Waals surface area contributed by atoms with Gasteiger partial charge in [0.15, 0.2) is 5.82 Å². The van der Waals surface area contributed by atoms with Crippen molar-refractivity contribution in [1.29, 1.82) is 0 Å². The lowest BCUT2D eigenvalue weighted by Gasteiger charge is -2.34. The number of aromatic amines is 1. The molecular weight excluding hydrogens is 320 g/mol. The monoisotopic (exact) mass is 346 g/mol. The molecule has 25 heavy (non-hydrogen) atoms. The van der Waals surface area contributed by atoms with E-state index in [9.17, 15) is 9.59 Å². The molecule has 0 saturated carbocycles. The molecule has 2 amide bonds. The van der Waals surface area contributed by atoms with Crippen molar-refractivity contribution < 1.29 is 14.3 Å². The van der Waals surface area contributed by atoms with E-state index in [2.05, 4.69) is 29.4 Å². The third kappa shape index (κ3) is 4.10. The highest BCUT2D eigenvalue weighted by molar-refractivity contribution is 5.95. The zero-order chi connectivity index (χ0) is 17.8. The summed E-state index contributed by atoms with van der Waals surface area (Å²) < 4.78 is 5.31. The number of carbonyl (C=O) groups excluding carboxylic acids is 2. The van der Waals surface area contributed by atoms with E-state index in [1.54, 1.807) is 0 Å². The fourth-order valence-corrected chi connectivity index (χ4v) is 3.31. The number of nitrogens with zero attached hydrogens (tertiary/aromatic N) is 2. The van der Waals surface area contributed by atoms with Crippen LogP contribution < -0.4 is 5.32 Å². The summed E-state index contributed by atoms with van der Waals surface area (Å²) in [5.74, 6) is 0.0638. The van der Waals surface area contributed by atoms with Crippen molar-refractivity contribution in [3.63, 3.8) is 0 Å². The van der Waals surface area contributed by atoms with Crippen molar-refractivity contribution in [2.45, 2.75) is 32.6 Å². The van der Waals surface area contributed by atoms with E-state index in [4.69, 9.17) is 4.74 Å². The zero-order valence-corrected chi connectivity index (χ0v) is 14.8. The summed E-state index contributed by atoms with van der Waals surface area (Å²) in [6.07, 6.45) is 5.16. The number of ether oxygens (including phenoxy) is 1. The van der Waals surface area contributed by atoms with E-state index >= 15 is 0 Å². The van der Waals surface area contributed by atoms with Crippen LogP contribution in [-0.2, 0) is 14.3 Å². The lowest BCUT2D eigenvalue weighted by atomic mass is 9.81. The third-order valence-corrected chi connectivity index (χ3v) is 4.88. The van der Waals surface area contributed by atoms with Gasteiger partial charge in [-0.05, 0) is 18.8 Å². The van der Waals surface area contributed by atoms with Gasteiger partial charge >= 0.3 is 0 Å². The third-order valence-electron chi connectivity index (χ3n) is 4.88. The second kappa shape index (κ2) is 7.82. The number of rotatable bonds is 4. The van der Waals surface area contributed by atoms with Gasteiger partial charge < -0.3 is 15.0 Å². The van der Waals surface area contributed by atoms with Gasteiger partial charge in [0.25, 0.3) is 0 Å². The summed E-state index contributed by atoms with van der Waals surface area (Å²) >= 11 is 0. The fraction of sp³-hybridized carbons (Fsp3) is 0.611. The van der Waals surface area contributed by atoms with E-state index in [0.717, 1.165) is 5.69 Å². The van der Waals surface area contributed by atoms with Crippen LogP contribution >= 0.6 is 0 Å². The highest BCUT2D eigenvalue weighted by Crippen LogP contribution is 2.29. The lowest BCUT2D eigenvalue weighted by molar-refractivity contribution is -0.144. The molecule has 0 unspecified atom stereocenters. The molecule has 1 aromatic rings. The standard InChI is InChI=1S/C18H26N4O3/c1-12(2)15-11-16(21-20-15)19-17(23)13-5-3-4-6-14(13)18(24)22-7-9-25-10-8-22/h3-4,11-14H,5-10H2,1-2H3,(H2,19,20,21,23)/t13-,14+/m1/s1. The van der Waals surface area contributed by atoms with Gasteiger partial charge in [-0.25, -0.2) is 0 Å². The van der Waals surface area contributed by atoms with Gasteiger partial charge in [0.05, 0.1) is 25.0 Å². The number of allylic oxidation sites excluding steroid dienone is 2. The van der Waals surface area contributed by atoms with Crippen molar-refractivity contribution in [2.75, 3.05) is 31.6 Å². The van der Waals surface area contributed by atoms with Gasteiger partial charge in [0, 0.05) is 24.8 Å². The molecule has 1 saturated heterocycles. The predicted molar refractivity (Wildman–Crippen MR) is 94.1 cm³/mol. The Bertz CT molecular complexity index is 647. The topological polar surface area (TPSA) is 87.3 Å². The van der Waals surface area contributed by atoms with Crippen LogP contribution in [0.2, 0.25) is 0 Å². The van der Waals surface area contributed by atoms with Gasteiger partial charge in [0.1, 0.15) is 0 Å². The van der Waals surface area contributed by atoms with Crippen LogP contribution in [0.4, 0.5) is 5.82 Å².